The van der Waals surface area contributed by atoms with Gasteiger partial charge in [-0.05, 0) is 37.0 Å². The Morgan fingerprint density at radius 2 is 2.11 bits per heavy atom. The fraction of sp³-hybridized carbons (Fsp3) is 0.500. The van der Waals surface area contributed by atoms with E-state index in [0.717, 1.165) is 12.5 Å². The van der Waals surface area contributed by atoms with Crippen molar-refractivity contribution >= 4 is 5.91 Å². The fourth-order valence-electron chi connectivity index (χ4n) is 1.71. The summed E-state index contributed by atoms with van der Waals surface area (Å²) >= 11 is 0. The first-order valence-corrected chi connectivity index (χ1v) is 6.43. The molecule has 0 atom stereocenters. The van der Waals surface area contributed by atoms with E-state index in [-0.39, 0.29) is 17.4 Å². The van der Waals surface area contributed by atoms with E-state index in [9.17, 15) is 15.0 Å². The topological polar surface area (TPSA) is 70.0 Å². The van der Waals surface area contributed by atoms with Gasteiger partial charge in [-0.2, -0.15) is 0 Å². The molecule has 1 amide bonds. The summed E-state index contributed by atoms with van der Waals surface area (Å²) in [5.74, 6) is -0.00317. The van der Waals surface area contributed by atoms with E-state index >= 15 is 0 Å². The second-order valence-electron chi connectivity index (χ2n) is 4.95. The molecule has 2 rings (SSSR count). The number of nitrogens with zero attached hydrogens (tertiary/aromatic N) is 1. The van der Waals surface area contributed by atoms with E-state index < -0.39 is 0 Å². The average Bonchev–Trinajstić information content (AvgIpc) is 3.21. The Morgan fingerprint density at radius 1 is 1.37 bits per heavy atom. The van der Waals surface area contributed by atoms with Gasteiger partial charge in [0.2, 0.25) is 0 Å². The molecule has 0 heterocycles. The minimum atomic E-state index is -0.288. The number of benzene rings is 1. The van der Waals surface area contributed by atoms with E-state index in [1.807, 2.05) is 0 Å². The van der Waals surface area contributed by atoms with Gasteiger partial charge in [-0.1, -0.05) is 0 Å². The van der Waals surface area contributed by atoms with E-state index in [4.69, 9.17) is 4.74 Å². The van der Waals surface area contributed by atoms with Crippen LogP contribution in [0.25, 0.3) is 0 Å². The highest BCUT2D eigenvalue weighted by Crippen LogP contribution is 2.28. The van der Waals surface area contributed by atoms with Crippen molar-refractivity contribution in [3.05, 3.63) is 23.8 Å². The number of likely N-dealkylation sites (N-methyl/N-ethyl adjacent to an activating group) is 1. The highest BCUT2D eigenvalue weighted by molar-refractivity contribution is 5.94. The molecule has 1 fully saturated rings. The SMILES string of the molecule is CN(CCOCC1CC1)C(=O)c1ccc(O)c(O)c1. The van der Waals surface area contributed by atoms with E-state index in [1.165, 1.54) is 31.0 Å². The number of phenols is 2. The van der Waals surface area contributed by atoms with Gasteiger partial charge in [0.1, 0.15) is 0 Å². The van der Waals surface area contributed by atoms with Gasteiger partial charge in [0.15, 0.2) is 11.5 Å². The molecular weight excluding hydrogens is 246 g/mol. The van der Waals surface area contributed by atoms with Gasteiger partial charge in [0.25, 0.3) is 5.91 Å². The predicted octanol–water partition coefficient (Wildman–Crippen LogP) is 1.60. The summed E-state index contributed by atoms with van der Waals surface area (Å²) in [7, 11) is 1.69. The smallest absolute Gasteiger partial charge is 0.253 e. The first-order chi connectivity index (χ1) is 9.08. The summed E-state index contributed by atoms with van der Waals surface area (Å²) in [6.07, 6.45) is 2.50. The van der Waals surface area contributed by atoms with Gasteiger partial charge in [0.05, 0.1) is 6.61 Å². The maximum absolute atomic E-state index is 12.0. The summed E-state index contributed by atoms with van der Waals surface area (Å²) < 4.78 is 5.47. The number of aromatic hydroxyl groups is 2. The zero-order valence-corrected chi connectivity index (χ0v) is 11.0. The molecule has 5 nitrogen and oxygen atoms in total. The molecule has 2 N–H and O–H groups in total. The van der Waals surface area contributed by atoms with E-state index in [0.29, 0.717) is 18.7 Å². The molecule has 1 aliphatic rings. The lowest BCUT2D eigenvalue weighted by Crippen LogP contribution is -2.30. The molecule has 0 radical (unpaired) electrons. The van der Waals surface area contributed by atoms with Crippen molar-refractivity contribution in [3.8, 4) is 11.5 Å². The highest BCUT2D eigenvalue weighted by Gasteiger charge is 2.21. The van der Waals surface area contributed by atoms with Crippen LogP contribution in [0.2, 0.25) is 0 Å². The number of amides is 1. The number of ether oxygens (including phenoxy) is 1. The number of phenolic OH excluding ortho intramolecular Hbond substituents is 2. The van der Waals surface area contributed by atoms with Gasteiger partial charge in [0, 0.05) is 25.8 Å². The zero-order valence-electron chi connectivity index (χ0n) is 11.0. The molecule has 104 valence electrons. The van der Waals surface area contributed by atoms with Crippen LogP contribution in [0.4, 0.5) is 0 Å². The molecule has 1 aromatic carbocycles. The molecule has 1 aromatic rings. The van der Waals surface area contributed by atoms with Crippen LogP contribution in [-0.2, 0) is 4.74 Å². The molecule has 0 bridgehead atoms. The number of hydrogen-bond acceptors (Lipinski definition) is 4. The zero-order chi connectivity index (χ0) is 13.8. The van der Waals surface area contributed by atoms with Crippen LogP contribution in [0.3, 0.4) is 0 Å². The van der Waals surface area contributed by atoms with Crippen molar-refractivity contribution < 1.29 is 19.7 Å². The fourth-order valence-corrected chi connectivity index (χ4v) is 1.71. The van der Waals surface area contributed by atoms with Crippen LogP contribution in [-0.4, -0.2) is 47.8 Å². The molecule has 1 aliphatic carbocycles. The molecular formula is C14H19NO4. The lowest BCUT2D eigenvalue weighted by molar-refractivity contribution is 0.0680. The van der Waals surface area contributed by atoms with E-state index in [2.05, 4.69) is 0 Å². The van der Waals surface area contributed by atoms with Gasteiger partial charge in [-0.25, -0.2) is 0 Å². The third-order valence-electron chi connectivity index (χ3n) is 3.19. The van der Waals surface area contributed by atoms with Crippen molar-refractivity contribution in [1.29, 1.82) is 0 Å². The van der Waals surface area contributed by atoms with Crippen LogP contribution in [0.5, 0.6) is 11.5 Å². The number of carbonyl (C=O) groups is 1. The third-order valence-corrected chi connectivity index (χ3v) is 3.19. The Hall–Kier alpha value is -1.75. The molecule has 0 spiro atoms. The Morgan fingerprint density at radius 3 is 2.74 bits per heavy atom. The van der Waals surface area contributed by atoms with Gasteiger partial charge >= 0.3 is 0 Å². The predicted molar refractivity (Wildman–Crippen MR) is 70.3 cm³/mol. The molecule has 0 aliphatic heterocycles. The van der Waals surface area contributed by atoms with Gasteiger partial charge in [-0.3, -0.25) is 4.79 Å². The first kappa shape index (κ1) is 13.7. The van der Waals surface area contributed by atoms with Crippen molar-refractivity contribution in [3.63, 3.8) is 0 Å². The Bertz CT molecular complexity index is 457. The molecule has 0 saturated heterocycles. The van der Waals surface area contributed by atoms with Crippen LogP contribution >= 0.6 is 0 Å². The minimum Gasteiger partial charge on any atom is -0.504 e. The maximum Gasteiger partial charge on any atom is 0.253 e. The molecule has 0 aromatic heterocycles. The van der Waals surface area contributed by atoms with Gasteiger partial charge < -0.3 is 19.8 Å². The molecule has 19 heavy (non-hydrogen) atoms. The quantitative estimate of drug-likeness (QED) is 0.605. The summed E-state index contributed by atoms with van der Waals surface area (Å²) in [4.78, 5) is 13.6. The molecule has 0 unspecified atom stereocenters. The van der Waals surface area contributed by atoms with Crippen molar-refractivity contribution in [2.24, 2.45) is 5.92 Å². The summed E-state index contributed by atoms with van der Waals surface area (Å²) in [5.41, 5.74) is 0.347. The van der Waals surface area contributed by atoms with Crippen LogP contribution < -0.4 is 0 Å². The van der Waals surface area contributed by atoms with Crippen LogP contribution in [0.15, 0.2) is 18.2 Å². The van der Waals surface area contributed by atoms with Crippen LogP contribution in [0.1, 0.15) is 23.2 Å². The summed E-state index contributed by atoms with van der Waals surface area (Å²) in [6, 6.07) is 4.05. The standard InChI is InChI=1S/C14H19NO4/c1-15(6-7-19-9-10-2-3-10)14(18)11-4-5-12(16)13(17)8-11/h4-5,8,10,16-17H,2-3,6-7,9H2,1H3. The Balaban J connectivity index is 1.81. The number of hydrogen-bond donors (Lipinski definition) is 2. The first-order valence-electron chi connectivity index (χ1n) is 6.43. The van der Waals surface area contributed by atoms with Crippen molar-refractivity contribution in [1.82, 2.24) is 4.90 Å². The number of carbonyl (C=O) groups excluding carboxylic acids is 1. The maximum atomic E-state index is 12.0. The summed E-state index contributed by atoms with van der Waals surface area (Å²) in [5, 5.41) is 18.6. The second kappa shape index (κ2) is 5.93. The highest BCUT2D eigenvalue weighted by atomic mass is 16.5. The third kappa shape index (κ3) is 3.86. The Kier molecular flexibility index (Phi) is 4.27. The Labute approximate surface area is 112 Å². The van der Waals surface area contributed by atoms with Crippen molar-refractivity contribution in [2.75, 3.05) is 26.8 Å². The normalized spacial score (nSPS) is 14.4. The minimum absolute atomic E-state index is 0.203. The van der Waals surface area contributed by atoms with Crippen LogP contribution in [0, 0.1) is 5.92 Å². The summed E-state index contributed by atoms with van der Waals surface area (Å²) in [6.45, 7) is 1.80. The lowest BCUT2D eigenvalue weighted by atomic mass is 10.2. The second-order valence-corrected chi connectivity index (χ2v) is 4.95. The lowest BCUT2D eigenvalue weighted by Gasteiger charge is -2.17. The molecule has 1 saturated carbocycles. The average molecular weight is 265 g/mol. The molecule has 5 heteroatoms. The van der Waals surface area contributed by atoms with Gasteiger partial charge in [-0.15, -0.1) is 0 Å². The largest absolute Gasteiger partial charge is 0.504 e. The number of rotatable bonds is 6. The monoisotopic (exact) mass is 265 g/mol. The van der Waals surface area contributed by atoms with Crippen molar-refractivity contribution in [2.45, 2.75) is 12.8 Å². The van der Waals surface area contributed by atoms with E-state index in [1.54, 1.807) is 11.9 Å².